The van der Waals surface area contributed by atoms with Crippen LogP contribution in [0.5, 0.6) is 5.75 Å². The van der Waals surface area contributed by atoms with Crippen LogP contribution in [0.15, 0.2) is 53.8 Å². The fourth-order valence-electron chi connectivity index (χ4n) is 2.48. The van der Waals surface area contributed by atoms with Gasteiger partial charge in [0.2, 0.25) is 0 Å². The minimum absolute atomic E-state index is 0. The van der Waals surface area contributed by atoms with Crippen molar-refractivity contribution >= 4 is 25.3 Å². The summed E-state index contributed by atoms with van der Waals surface area (Å²) in [4.78, 5) is 23.1. The van der Waals surface area contributed by atoms with Crippen LogP contribution >= 0.6 is 7.60 Å². The topological polar surface area (TPSA) is 72.4 Å². The summed E-state index contributed by atoms with van der Waals surface area (Å²) in [5.41, 5.74) is 2.73. The summed E-state index contributed by atoms with van der Waals surface area (Å²) in [6, 6.07) is 14.4. The molecule has 0 unspecified atom stereocenters. The van der Waals surface area contributed by atoms with E-state index in [9.17, 15) is 14.4 Å². The average molecular weight is 358 g/mol. The number of allylic oxidation sites excluding steroid dienone is 2. The SMILES string of the molecule is COc1ccc(C=C2C(P(=O)([O-])[O-])=Cc3ccccc32)cc1.[Na+].[Na+]. The minimum atomic E-state index is -4.84. The molecule has 7 heteroatoms. The molecule has 0 fully saturated rings. The Labute approximate surface area is 185 Å². The van der Waals surface area contributed by atoms with Crippen LogP contribution in [0, 0.1) is 0 Å². The molecule has 0 radical (unpaired) electrons. The third-order valence-electron chi connectivity index (χ3n) is 3.54. The standard InChI is InChI=1S/C17H15O4P.2Na/c1-21-14-8-6-12(7-9-14)10-16-15-5-3-2-4-13(15)11-17(16)22(18,19)20;;/h2-11H,1H3,(H2,18,19,20);;/q;2*+1/p-2. The van der Waals surface area contributed by atoms with Crippen LogP contribution in [-0.4, -0.2) is 7.11 Å². The zero-order chi connectivity index (χ0) is 15.7. The number of methoxy groups -OCH3 is 1. The van der Waals surface area contributed by atoms with Gasteiger partial charge in [-0.05, 0) is 59.5 Å². The Morgan fingerprint density at radius 1 is 1.00 bits per heavy atom. The van der Waals surface area contributed by atoms with E-state index < -0.39 is 7.60 Å². The molecule has 0 bridgehead atoms. The molecule has 24 heavy (non-hydrogen) atoms. The number of benzene rings is 2. The van der Waals surface area contributed by atoms with Crippen molar-refractivity contribution in [2.75, 3.05) is 7.11 Å². The monoisotopic (exact) mass is 358 g/mol. The van der Waals surface area contributed by atoms with Gasteiger partial charge in [-0.25, -0.2) is 0 Å². The first-order valence-electron chi connectivity index (χ1n) is 6.69. The molecule has 112 valence electrons. The Bertz CT molecular complexity index is 823. The van der Waals surface area contributed by atoms with Crippen LogP contribution in [-0.2, 0) is 4.57 Å². The first-order valence-corrected chi connectivity index (χ1v) is 8.23. The molecule has 2 aromatic rings. The zero-order valence-corrected chi connectivity index (χ0v) is 18.7. The van der Waals surface area contributed by atoms with E-state index in [4.69, 9.17) is 4.74 Å². The van der Waals surface area contributed by atoms with Crippen molar-refractivity contribution in [3.05, 3.63) is 70.5 Å². The average Bonchev–Trinajstić information content (AvgIpc) is 2.87. The van der Waals surface area contributed by atoms with Crippen molar-refractivity contribution < 1.29 is 78.2 Å². The number of ether oxygens (including phenoxy) is 1. The largest absolute Gasteiger partial charge is 1.00 e. The normalized spacial score (nSPS) is 14.3. The van der Waals surface area contributed by atoms with Crippen LogP contribution in [0.2, 0.25) is 0 Å². The van der Waals surface area contributed by atoms with E-state index in [0.717, 1.165) is 16.7 Å². The van der Waals surface area contributed by atoms with Crippen LogP contribution in [0.4, 0.5) is 0 Å². The Kier molecular flexibility index (Phi) is 8.21. The van der Waals surface area contributed by atoms with Gasteiger partial charge in [0.1, 0.15) is 5.75 Å². The quantitative estimate of drug-likeness (QED) is 0.422. The summed E-state index contributed by atoms with van der Waals surface area (Å²) in [6.07, 6.45) is 3.14. The molecule has 0 aromatic heterocycles. The first kappa shape index (κ1) is 21.9. The summed E-state index contributed by atoms with van der Waals surface area (Å²) in [6.45, 7) is 0. The Morgan fingerprint density at radius 3 is 2.21 bits per heavy atom. The van der Waals surface area contributed by atoms with E-state index in [-0.39, 0.29) is 64.4 Å². The molecule has 4 nitrogen and oxygen atoms in total. The van der Waals surface area contributed by atoms with Crippen molar-refractivity contribution in [3.63, 3.8) is 0 Å². The Hall–Kier alpha value is -0.130. The fourth-order valence-corrected chi connectivity index (χ4v) is 3.25. The molecule has 3 rings (SSSR count). The number of hydrogen-bond acceptors (Lipinski definition) is 4. The van der Waals surface area contributed by atoms with E-state index in [1.165, 1.54) is 6.08 Å². The van der Waals surface area contributed by atoms with Crippen LogP contribution in [0.1, 0.15) is 16.7 Å². The van der Waals surface area contributed by atoms with Gasteiger partial charge in [0, 0.05) is 0 Å². The molecule has 2 aromatic carbocycles. The van der Waals surface area contributed by atoms with Crippen molar-refractivity contribution in [1.82, 2.24) is 0 Å². The molecule has 0 N–H and O–H groups in total. The maximum absolute atomic E-state index is 11.5. The number of hydrogen-bond donors (Lipinski definition) is 0. The summed E-state index contributed by atoms with van der Waals surface area (Å²) in [7, 11) is -3.26. The second-order valence-corrected chi connectivity index (χ2v) is 6.42. The molecular formula is C17H13Na2O4P. The fraction of sp³-hybridized carbons (Fsp3) is 0.0588. The minimum Gasteiger partial charge on any atom is -0.807 e. The van der Waals surface area contributed by atoms with Crippen molar-refractivity contribution in [1.29, 1.82) is 0 Å². The molecule has 0 saturated carbocycles. The predicted molar refractivity (Wildman–Crippen MR) is 82.9 cm³/mol. The molecule has 0 heterocycles. The molecule has 0 atom stereocenters. The Balaban J connectivity index is 0.00000144. The maximum Gasteiger partial charge on any atom is 1.00 e. The molecule has 0 aliphatic heterocycles. The summed E-state index contributed by atoms with van der Waals surface area (Å²) in [5.74, 6) is 0.711. The van der Waals surface area contributed by atoms with Gasteiger partial charge in [-0.15, -0.1) is 0 Å². The van der Waals surface area contributed by atoms with Crippen molar-refractivity contribution in [2.45, 2.75) is 0 Å². The molecular weight excluding hydrogens is 345 g/mol. The van der Waals surface area contributed by atoms with Gasteiger partial charge in [0.15, 0.2) is 0 Å². The number of fused-ring (bicyclic) bond motifs is 1. The molecule has 0 amide bonds. The number of rotatable bonds is 3. The van der Waals surface area contributed by atoms with Crippen molar-refractivity contribution in [3.8, 4) is 5.75 Å². The van der Waals surface area contributed by atoms with Crippen LogP contribution in [0.25, 0.3) is 17.7 Å². The van der Waals surface area contributed by atoms with Crippen molar-refractivity contribution in [2.24, 2.45) is 0 Å². The smallest absolute Gasteiger partial charge is 0.807 e. The molecule has 1 aliphatic rings. The van der Waals surface area contributed by atoms with E-state index in [2.05, 4.69) is 0 Å². The van der Waals surface area contributed by atoms with E-state index >= 15 is 0 Å². The second-order valence-electron chi connectivity index (χ2n) is 4.95. The predicted octanol–water partition coefficient (Wildman–Crippen LogP) is -3.49. The van der Waals surface area contributed by atoms with Gasteiger partial charge >= 0.3 is 59.1 Å². The van der Waals surface area contributed by atoms with Gasteiger partial charge in [-0.2, -0.15) is 0 Å². The van der Waals surface area contributed by atoms with Gasteiger partial charge in [0.05, 0.1) is 7.11 Å². The van der Waals surface area contributed by atoms with Gasteiger partial charge < -0.3 is 19.1 Å². The maximum atomic E-state index is 11.5. The Morgan fingerprint density at radius 2 is 1.62 bits per heavy atom. The summed E-state index contributed by atoms with van der Waals surface area (Å²) >= 11 is 0. The molecule has 1 aliphatic carbocycles. The van der Waals surface area contributed by atoms with E-state index in [1.54, 1.807) is 31.4 Å². The second kappa shape index (κ2) is 9.00. The summed E-state index contributed by atoms with van der Waals surface area (Å²) in [5, 5.41) is -0.162. The van der Waals surface area contributed by atoms with Gasteiger partial charge in [-0.1, -0.05) is 36.4 Å². The third kappa shape index (κ3) is 4.73. The van der Waals surface area contributed by atoms with E-state index in [1.807, 2.05) is 30.3 Å². The third-order valence-corrected chi connectivity index (χ3v) is 4.50. The van der Waals surface area contributed by atoms with Gasteiger partial charge in [0.25, 0.3) is 0 Å². The van der Waals surface area contributed by atoms with Gasteiger partial charge in [-0.3, -0.25) is 0 Å². The zero-order valence-electron chi connectivity index (χ0n) is 13.9. The van der Waals surface area contributed by atoms with E-state index in [0.29, 0.717) is 11.3 Å². The summed E-state index contributed by atoms with van der Waals surface area (Å²) < 4.78 is 16.6. The van der Waals surface area contributed by atoms with Crippen LogP contribution in [0.3, 0.4) is 0 Å². The molecule has 0 saturated heterocycles. The first-order chi connectivity index (χ1) is 10.5. The molecule has 0 spiro atoms. The van der Waals surface area contributed by atoms with Crippen LogP contribution < -0.4 is 73.6 Å².